The molecule has 1 aromatic carbocycles. The molecule has 2 heteroatoms. The quantitative estimate of drug-likeness (QED) is 0.872. The summed E-state index contributed by atoms with van der Waals surface area (Å²) in [5, 5.41) is 3.74. The van der Waals surface area contributed by atoms with Gasteiger partial charge in [-0.05, 0) is 43.7 Å². The molecule has 0 amide bonds. The summed E-state index contributed by atoms with van der Waals surface area (Å²) in [7, 11) is 0. The first-order valence-electron chi connectivity index (χ1n) is 6.17. The van der Waals surface area contributed by atoms with Gasteiger partial charge >= 0.3 is 0 Å². The molecule has 0 bridgehead atoms. The highest BCUT2D eigenvalue weighted by Crippen LogP contribution is 2.28. The monoisotopic (exact) mass is 281 g/mol. The van der Waals surface area contributed by atoms with E-state index in [-0.39, 0.29) is 0 Å². The predicted molar refractivity (Wildman–Crippen MR) is 72.5 cm³/mol. The van der Waals surface area contributed by atoms with Gasteiger partial charge in [-0.2, -0.15) is 0 Å². The average molecular weight is 282 g/mol. The second-order valence-electron chi connectivity index (χ2n) is 5.03. The third-order valence-corrected chi connectivity index (χ3v) is 4.27. The van der Waals surface area contributed by atoms with Crippen molar-refractivity contribution in [3.05, 3.63) is 34.3 Å². The second kappa shape index (κ2) is 5.33. The van der Waals surface area contributed by atoms with Gasteiger partial charge in [-0.15, -0.1) is 0 Å². The fourth-order valence-corrected chi connectivity index (χ4v) is 3.26. The smallest absolute Gasteiger partial charge is 0.0305 e. The van der Waals surface area contributed by atoms with Crippen molar-refractivity contribution in [2.75, 3.05) is 0 Å². The molecule has 88 valence electrons. The first-order chi connectivity index (χ1) is 7.66. The van der Waals surface area contributed by atoms with Crippen molar-refractivity contribution < 1.29 is 0 Å². The summed E-state index contributed by atoms with van der Waals surface area (Å²) in [6, 6.07) is 9.63. The lowest BCUT2D eigenvalue weighted by atomic mass is 10.1. The molecule has 0 aliphatic heterocycles. The van der Waals surface area contributed by atoms with E-state index in [1.807, 2.05) is 0 Å². The third kappa shape index (κ3) is 2.86. The van der Waals surface area contributed by atoms with E-state index in [1.54, 1.807) is 0 Å². The lowest BCUT2D eigenvalue weighted by molar-refractivity contribution is 0.448. The van der Waals surface area contributed by atoms with Crippen LogP contribution in [0, 0.1) is 5.92 Å². The summed E-state index contributed by atoms with van der Waals surface area (Å²) in [6.45, 7) is 4.61. The zero-order valence-corrected chi connectivity index (χ0v) is 11.6. The predicted octanol–water partition coefficient (Wildman–Crippen LogP) is 4.29. The molecule has 1 N–H and O–H groups in total. The molecule has 0 saturated heterocycles. The van der Waals surface area contributed by atoms with Crippen LogP contribution in [0.25, 0.3) is 0 Å². The van der Waals surface area contributed by atoms with Gasteiger partial charge in [0.05, 0.1) is 0 Å². The Morgan fingerprint density at radius 1 is 1.31 bits per heavy atom. The van der Waals surface area contributed by atoms with Crippen LogP contribution >= 0.6 is 15.9 Å². The molecule has 1 aliphatic rings. The fraction of sp³-hybridized carbons (Fsp3) is 0.571. The minimum Gasteiger partial charge on any atom is -0.307 e. The Morgan fingerprint density at radius 3 is 2.69 bits per heavy atom. The Labute approximate surface area is 107 Å². The van der Waals surface area contributed by atoms with E-state index in [1.165, 1.54) is 29.3 Å². The van der Waals surface area contributed by atoms with Crippen molar-refractivity contribution in [1.29, 1.82) is 0 Å². The molecular formula is C14H20BrN. The van der Waals surface area contributed by atoms with Crippen LogP contribution in [0.1, 0.15) is 44.7 Å². The summed E-state index contributed by atoms with van der Waals surface area (Å²) >= 11 is 3.62. The topological polar surface area (TPSA) is 12.0 Å². The maximum Gasteiger partial charge on any atom is 0.0305 e. The minimum atomic E-state index is 0.436. The zero-order chi connectivity index (χ0) is 11.5. The van der Waals surface area contributed by atoms with E-state index >= 15 is 0 Å². The van der Waals surface area contributed by atoms with Crippen LogP contribution in [0.5, 0.6) is 0 Å². The number of nitrogens with one attached hydrogen (secondary N) is 1. The molecule has 1 aromatic rings. The van der Waals surface area contributed by atoms with Crippen LogP contribution in [-0.4, -0.2) is 6.04 Å². The van der Waals surface area contributed by atoms with Gasteiger partial charge in [-0.3, -0.25) is 0 Å². The van der Waals surface area contributed by atoms with Crippen LogP contribution in [-0.2, 0) is 0 Å². The highest BCUT2D eigenvalue weighted by molar-refractivity contribution is 9.10. The highest BCUT2D eigenvalue weighted by Gasteiger charge is 2.23. The number of benzene rings is 1. The summed E-state index contributed by atoms with van der Waals surface area (Å²) in [5.41, 5.74) is 1.36. The number of rotatable bonds is 3. The van der Waals surface area contributed by atoms with Crippen molar-refractivity contribution in [3.8, 4) is 0 Å². The Morgan fingerprint density at radius 2 is 2.06 bits per heavy atom. The minimum absolute atomic E-state index is 0.436. The second-order valence-corrected chi connectivity index (χ2v) is 5.88. The van der Waals surface area contributed by atoms with E-state index < -0.39 is 0 Å². The summed E-state index contributed by atoms with van der Waals surface area (Å²) in [5.74, 6) is 0.893. The zero-order valence-electron chi connectivity index (χ0n) is 10.0. The van der Waals surface area contributed by atoms with Crippen molar-refractivity contribution in [1.82, 2.24) is 5.32 Å². The largest absolute Gasteiger partial charge is 0.307 e. The van der Waals surface area contributed by atoms with Crippen LogP contribution in [0.4, 0.5) is 0 Å². The Hall–Kier alpha value is -0.340. The first kappa shape index (κ1) is 12.1. The van der Waals surface area contributed by atoms with Gasteiger partial charge < -0.3 is 5.32 Å². The Balaban J connectivity index is 1.98. The van der Waals surface area contributed by atoms with E-state index in [0.29, 0.717) is 12.1 Å². The highest BCUT2D eigenvalue weighted by atomic mass is 79.9. The molecule has 1 nitrogen and oxygen atoms in total. The van der Waals surface area contributed by atoms with Crippen LogP contribution < -0.4 is 5.32 Å². The third-order valence-electron chi connectivity index (χ3n) is 3.55. The van der Waals surface area contributed by atoms with Gasteiger partial charge in [-0.25, -0.2) is 0 Å². The molecule has 0 aromatic heterocycles. The van der Waals surface area contributed by atoms with E-state index in [4.69, 9.17) is 0 Å². The van der Waals surface area contributed by atoms with E-state index in [0.717, 1.165) is 5.92 Å². The lowest BCUT2D eigenvalue weighted by Crippen LogP contribution is -2.29. The molecule has 2 rings (SSSR count). The van der Waals surface area contributed by atoms with Crippen LogP contribution in [0.15, 0.2) is 28.7 Å². The van der Waals surface area contributed by atoms with Crippen molar-refractivity contribution >= 4 is 15.9 Å². The number of hydrogen-bond donors (Lipinski definition) is 1. The van der Waals surface area contributed by atoms with Gasteiger partial charge in [-0.1, -0.05) is 41.1 Å². The molecule has 1 fully saturated rings. The summed E-state index contributed by atoms with van der Waals surface area (Å²) in [6.07, 6.45) is 4.03. The summed E-state index contributed by atoms with van der Waals surface area (Å²) in [4.78, 5) is 0. The molecule has 0 spiro atoms. The van der Waals surface area contributed by atoms with Crippen LogP contribution in [0.3, 0.4) is 0 Å². The Kier molecular flexibility index (Phi) is 4.04. The molecule has 0 radical (unpaired) electrons. The standard InChI is InChI=1S/C14H20BrN/c1-10-7-8-12(9-10)16-11(2)13-5-3-4-6-14(13)15/h3-6,10-12,16H,7-9H2,1-2H3. The molecule has 1 saturated carbocycles. The SMILES string of the molecule is CC1CCC(NC(C)c2ccccc2Br)C1. The van der Waals surface area contributed by atoms with Crippen molar-refractivity contribution in [2.45, 2.75) is 45.2 Å². The molecule has 3 atom stereocenters. The number of hydrogen-bond acceptors (Lipinski definition) is 1. The van der Waals surface area contributed by atoms with E-state index in [2.05, 4.69) is 59.4 Å². The number of halogens is 1. The normalized spacial score (nSPS) is 26.9. The van der Waals surface area contributed by atoms with E-state index in [9.17, 15) is 0 Å². The van der Waals surface area contributed by atoms with Gasteiger partial charge in [0, 0.05) is 16.6 Å². The Bertz CT molecular complexity index is 350. The van der Waals surface area contributed by atoms with Gasteiger partial charge in [0.2, 0.25) is 0 Å². The van der Waals surface area contributed by atoms with Crippen LogP contribution in [0.2, 0.25) is 0 Å². The first-order valence-corrected chi connectivity index (χ1v) is 6.96. The van der Waals surface area contributed by atoms with Crippen molar-refractivity contribution in [3.63, 3.8) is 0 Å². The maximum absolute atomic E-state index is 3.74. The lowest BCUT2D eigenvalue weighted by Gasteiger charge is -2.20. The molecule has 3 unspecified atom stereocenters. The summed E-state index contributed by atoms with van der Waals surface area (Å²) < 4.78 is 1.21. The van der Waals surface area contributed by atoms with Gasteiger partial charge in [0.15, 0.2) is 0 Å². The fourth-order valence-electron chi connectivity index (χ4n) is 2.63. The van der Waals surface area contributed by atoms with Gasteiger partial charge in [0.25, 0.3) is 0 Å². The maximum atomic E-state index is 3.74. The van der Waals surface area contributed by atoms with Gasteiger partial charge in [0.1, 0.15) is 0 Å². The van der Waals surface area contributed by atoms with Crippen molar-refractivity contribution in [2.24, 2.45) is 5.92 Å². The molecule has 16 heavy (non-hydrogen) atoms. The molecule has 1 aliphatic carbocycles. The molecule has 0 heterocycles. The average Bonchev–Trinajstić information content (AvgIpc) is 2.64. The molecular weight excluding hydrogens is 262 g/mol.